The van der Waals surface area contributed by atoms with Crippen molar-refractivity contribution in [3.8, 4) is 11.5 Å². The topological polar surface area (TPSA) is 106 Å². The van der Waals surface area contributed by atoms with E-state index < -0.39 is 11.9 Å². The van der Waals surface area contributed by atoms with Gasteiger partial charge in [0.2, 0.25) is 5.91 Å². The van der Waals surface area contributed by atoms with Gasteiger partial charge in [-0.2, -0.15) is 5.10 Å². The first-order valence-electron chi connectivity index (χ1n) is 10.9. The van der Waals surface area contributed by atoms with Crippen molar-refractivity contribution in [1.82, 2.24) is 5.43 Å². The maximum Gasteiger partial charge on any atom is 0.336 e. The van der Waals surface area contributed by atoms with E-state index >= 15 is 0 Å². The molecule has 2 amide bonds. The molecule has 8 nitrogen and oxygen atoms in total. The highest BCUT2D eigenvalue weighted by molar-refractivity contribution is 5.96. The average molecular weight is 472 g/mol. The van der Waals surface area contributed by atoms with E-state index in [1.807, 2.05) is 37.3 Å². The van der Waals surface area contributed by atoms with E-state index in [-0.39, 0.29) is 11.7 Å². The fourth-order valence-electron chi connectivity index (χ4n) is 2.97. The number of esters is 1. The van der Waals surface area contributed by atoms with E-state index in [2.05, 4.69) is 15.8 Å². The lowest BCUT2D eigenvalue weighted by Gasteiger charge is -2.10. The number of nitrogens with zero attached hydrogens (tertiary/aromatic N) is 1. The summed E-state index contributed by atoms with van der Waals surface area (Å²) in [6.07, 6.45) is 4.46. The van der Waals surface area contributed by atoms with Crippen molar-refractivity contribution >= 4 is 35.8 Å². The van der Waals surface area contributed by atoms with Gasteiger partial charge in [0.25, 0.3) is 5.91 Å². The summed E-state index contributed by atoms with van der Waals surface area (Å²) in [5.74, 6) is -0.486. The summed E-state index contributed by atoms with van der Waals surface area (Å²) in [5.41, 5.74) is 4.94. The van der Waals surface area contributed by atoms with Crippen molar-refractivity contribution < 1.29 is 23.9 Å². The van der Waals surface area contributed by atoms with Crippen LogP contribution in [0.25, 0.3) is 6.08 Å². The van der Waals surface area contributed by atoms with Crippen molar-refractivity contribution in [3.63, 3.8) is 0 Å². The lowest BCUT2D eigenvalue weighted by Crippen LogP contribution is -2.17. The number of ether oxygens (including phenoxy) is 2. The smallest absolute Gasteiger partial charge is 0.336 e. The second-order valence-electron chi connectivity index (χ2n) is 7.26. The molecule has 0 atom stereocenters. The number of amides is 2. The molecular formula is C27H25N3O5. The Labute approximate surface area is 203 Å². The van der Waals surface area contributed by atoms with Crippen LogP contribution in [0.4, 0.5) is 5.69 Å². The van der Waals surface area contributed by atoms with Crippen molar-refractivity contribution in [1.29, 1.82) is 0 Å². The Hall–Kier alpha value is -4.72. The van der Waals surface area contributed by atoms with Crippen molar-refractivity contribution in [2.75, 3.05) is 11.9 Å². The Balaban J connectivity index is 1.62. The van der Waals surface area contributed by atoms with Crippen molar-refractivity contribution in [2.24, 2.45) is 5.10 Å². The van der Waals surface area contributed by atoms with Gasteiger partial charge in [-0.25, -0.2) is 10.2 Å². The highest BCUT2D eigenvalue weighted by atomic mass is 16.6. The number of hydrazone groups is 1. The van der Waals surface area contributed by atoms with E-state index in [1.165, 1.54) is 19.2 Å². The summed E-state index contributed by atoms with van der Waals surface area (Å²) in [6.45, 7) is 3.60. The monoisotopic (exact) mass is 471 g/mol. The first-order valence-corrected chi connectivity index (χ1v) is 10.9. The van der Waals surface area contributed by atoms with E-state index in [9.17, 15) is 14.4 Å². The molecule has 178 valence electrons. The van der Waals surface area contributed by atoms with Crippen molar-refractivity contribution in [3.05, 3.63) is 95.6 Å². The van der Waals surface area contributed by atoms with Crippen molar-refractivity contribution in [2.45, 2.75) is 13.8 Å². The predicted octanol–water partition coefficient (Wildman–Crippen LogP) is 4.43. The lowest BCUT2D eigenvalue weighted by molar-refractivity contribution is -0.129. The summed E-state index contributed by atoms with van der Waals surface area (Å²) < 4.78 is 11.0. The van der Waals surface area contributed by atoms with E-state index in [0.717, 1.165) is 5.56 Å². The molecule has 35 heavy (non-hydrogen) atoms. The molecule has 0 aliphatic heterocycles. The van der Waals surface area contributed by atoms with Crippen LogP contribution in [0.3, 0.4) is 0 Å². The number of hydrogen-bond acceptors (Lipinski definition) is 6. The van der Waals surface area contributed by atoms with Crippen LogP contribution in [0.1, 0.15) is 35.3 Å². The van der Waals surface area contributed by atoms with Gasteiger partial charge < -0.3 is 14.8 Å². The molecule has 0 radical (unpaired) electrons. The molecule has 0 saturated carbocycles. The Morgan fingerprint density at radius 1 is 0.914 bits per heavy atom. The molecule has 0 bridgehead atoms. The molecule has 0 heterocycles. The molecule has 3 aromatic rings. The van der Waals surface area contributed by atoms with Gasteiger partial charge in [0.1, 0.15) is 0 Å². The van der Waals surface area contributed by atoms with Gasteiger partial charge in [0, 0.05) is 24.3 Å². The van der Waals surface area contributed by atoms with Gasteiger partial charge in [-0.15, -0.1) is 0 Å². The molecular weight excluding hydrogens is 446 g/mol. The Bertz CT molecular complexity index is 1240. The molecule has 3 rings (SSSR count). The van der Waals surface area contributed by atoms with Crippen LogP contribution in [0.2, 0.25) is 0 Å². The summed E-state index contributed by atoms with van der Waals surface area (Å²) in [5, 5.41) is 6.61. The summed E-state index contributed by atoms with van der Waals surface area (Å²) in [6, 6.07) is 20.8. The number of hydrogen-bond donors (Lipinski definition) is 2. The van der Waals surface area contributed by atoms with Gasteiger partial charge in [-0.3, -0.25) is 9.59 Å². The third-order valence-electron chi connectivity index (χ3n) is 4.54. The molecule has 8 heteroatoms. The van der Waals surface area contributed by atoms with Gasteiger partial charge in [-0.1, -0.05) is 30.3 Å². The fraction of sp³-hybridized carbons (Fsp3) is 0.111. The fourth-order valence-corrected chi connectivity index (χ4v) is 2.97. The van der Waals surface area contributed by atoms with Gasteiger partial charge in [0.15, 0.2) is 11.5 Å². The van der Waals surface area contributed by atoms with Crippen LogP contribution in [0.15, 0.2) is 84.0 Å². The second kappa shape index (κ2) is 12.5. The number of rotatable bonds is 9. The van der Waals surface area contributed by atoms with Crippen LogP contribution in [0.5, 0.6) is 11.5 Å². The minimum Gasteiger partial charge on any atom is -0.490 e. The number of anilines is 1. The van der Waals surface area contributed by atoms with E-state index in [1.54, 1.807) is 48.5 Å². The number of carbonyl (C=O) groups excluding carboxylic acids is 3. The zero-order valence-corrected chi connectivity index (χ0v) is 19.4. The molecule has 0 aliphatic rings. The highest BCUT2D eigenvalue weighted by Crippen LogP contribution is 2.28. The standard InChI is InChI=1S/C27H25N3O5/c1-3-34-25-17-21(9-15-24(25)35-26(32)16-10-20-7-5-4-6-8-20)18-28-30-27(33)22-11-13-23(14-12-22)29-19(2)31/h4-18H,3H2,1-2H3,(H,29,31)(H,30,33)/b16-10+,28-18+. The molecule has 0 fully saturated rings. The highest BCUT2D eigenvalue weighted by Gasteiger charge is 2.10. The molecule has 0 unspecified atom stereocenters. The molecule has 0 spiro atoms. The first-order chi connectivity index (χ1) is 16.9. The summed E-state index contributed by atoms with van der Waals surface area (Å²) >= 11 is 0. The zero-order chi connectivity index (χ0) is 25.0. The van der Waals surface area contributed by atoms with Gasteiger partial charge in [-0.05, 0) is 66.6 Å². The number of nitrogens with one attached hydrogen (secondary N) is 2. The largest absolute Gasteiger partial charge is 0.490 e. The van der Waals surface area contributed by atoms with E-state index in [4.69, 9.17) is 9.47 Å². The van der Waals surface area contributed by atoms with Crippen LogP contribution in [-0.2, 0) is 9.59 Å². The third-order valence-corrected chi connectivity index (χ3v) is 4.54. The summed E-state index contributed by atoms with van der Waals surface area (Å²) in [7, 11) is 0. The quantitative estimate of drug-likeness (QED) is 0.158. The number of carbonyl (C=O) groups is 3. The SMILES string of the molecule is CCOc1cc(/C=N/NC(=O)c2ccc(NC(C)=O)cc2)ccc1OC(=O)/C=C/c1ccccc1. The second-order valence-corrected chi connectivity index (χ2v) is 7.26. The number of benzene rings is 3. The third kappa shape index (κ3) is 7.97. The molecule has 2 N–H and O–H groups in total. The van der Waals surface area contributed by atoms with Crippen LogP contribution in [0, 0.1) is 0 Å². The van der Waals surface area contributed by atoms with Crippen LogP contribution < -0.4 is 20.2 Å². The normalized spacial score (nSPS) is 10.8. The van der Waals surface area contributed by atoms with E-state index in [0.29, 0.717) is 29.2 Å². The molecule has 3 aromatic carbocycles. The van der Waals surface area contributed by atoms with Gasteiger partial charge >= 0.3 is 5.97 Å². The lowest BCUT2D eigenvalue weighted by atomic mass is 10.2. The Morgan fingerprint density at radius 2 is 1.66 bits per heavy atom. The Kier molecular flexibility index (Phi) is 8.90. The molecule has 0 saturated heterocycles. The Morgan fingerprint density at radius 3 is 2.34 bits per heavy atom. The molecule has 0 aliphatic carbocycles. The maximum absolute atomic E-state index is 12.3. The maximum atomic E-state index is 12.3. The minimum absolute atomic E-state index is 0.192. The van der Waals surface area contributed by atoms with Crippen LogP contribution >= 0.6 is 0 Å². The first kappa shape index (κ1) is 24.9. The minimum atomic E-state index is -0.534. The zero-order valence-electron chi connectivity index (χ0n) is 19.4. The molecule has 0 aromatic heterocycles. The van der Waals surface area contributed by atoms with Crippen LogP contribution in [-0.4, -0.2) is 30.6 Å². The average Bonchev–Trinajstić information content (AvgIpc) is 2.85. The predicted molar refractivity (Wildman–Crippen MR) is 135 cm³/mol. The van der Waals surface area contributed by atoms with Gasteiger partial charge in [0.05, 0.1) is 12.8 Å². The summed E-state index contributed by atoms with van der Waals surface area (Å²) in [4.78, 5) is 35.6.